The maximum absolute atomic E-state index is 10.8. The van der Waals surface area contributed by atoms with Gasteiger partial charge in [-0.1, -0.05) is 18.2 Å². The second-order valence-electron chi connectivity index (χ2n) is 5.61. The second kappa shape index (κ2) is 6.75. The maximum atomic E-state index is 10.8. The molecule has 0 amide bonds. The molecule has 1 N–H and O–H groups in total. The van der Waals surface area contributed by atoms with Gasteiger partial charge in [0.25, 0.3) is 0 Å². The standard InChI is InChI=1S/C16H23NO3/c1-12(9-14-5-3-4-6-15(14)20-2)17-8-7-13(11-17)10-16(18)19/h3-6,12-13H,7-11H2,1-2H3,(H,18,19). The SMILES string of the molecule is COc1ccccc1CC(C)N1CCC(CC(=O)O)C1. The Bertz CT molecular complexity index is 461. The molecule has 0 bridgehead atoms. The molecule has 4 nitrogen and oxygen atoms in total. The van der Waals surface area contributed by atoms with E-state index in [0.29, 0.717) is 12.0 Å². The molecule has 0 spiro atoms. The minimum atomic E-state index is -0.686. The summed E-state index contributed by atoms with van der Waals surface area (Å²) in [5, 5.41) is 8.87. The molecule has 20 heavy (non-hydrogen) atoms. The van der Waals surface area contributed by atoms with Gasteiger partial charge in [0.15, 0.2) is 0 Å². The van der Waals surface area contributed by atoms with Crippen LogP contribution < -0.4 is 4.74 Å². The highest BCUT2D eigenvalue weighted by molar-refractivity contribution is 5.67. The summed E-state index contributed by atoms with van der Waals surface area (Å²) in [5.74, 6) is 0.544. The fraction of sp³-hybridized carbons (Fsp3) is 0.562. The molecule has 1 aliphatic heterocycles. The molecule has 0 saturated carbocycles. The summed E-state index contributed by atoms with van der Waals surface area (Å²) >= 11 is 0. The van der Waals surface area contributed by atoms with Gasteiger partial charge in [0.1, 0.15) is 5.75 Å². The van der Waals surface area contributed by atoms with Gasteiger partial charge in [0, 0.05) is 19.0 Å². The Kier molecular flexibility index (Phi) is 5.01. The summed E-state index contributed by atoms with van der Waals surface area (Å²) in [6.45, 7) is 4.09. The highest BCUT2D eigenvalue weighted by atomic mass is 16.5. The number of nitrogens with zero attached hydrogens (tertiary/aromatic N) is 1. The Morgan fingerprint density at radius 3 is 2.95 bits per heavy atom. The first kappa shape index (κ1) is 14.9. The summed E-state index contributed by atoms with van der Waals surface area (Å²) < 4.78 is 5.39. The van der Waals surface area contributed by atoms with Crippen LogP contribution in [0.5, 0.6) is 5.75 Å². The number of carboxylic acid groups (broad SMARTS) is 1. The monoisotopic (exact) mass is 277 g/mol. The zero-order valence-electron chi connectivity index (χ0n) is 12.2. The van der Waals surface area contributed by atoms with E-state index in [1.54, 1.807) is 7.11 Å². The van der Waals surface area contributed by atoms with Crippen LogP contribution >= 0.6 is 0 Å². The number of carboxylic acids is 1. The number of rotatable bonds is 6. The molecule has 1 heterocycles. The molecule has 0 aromatic heterocycles. The predicted molar refractivity (Wildman–Crippen MR) is 78.1 cm³/mol. The largest absolute Gasteiger partial charge is 0.496 e. The van der Waals surface area contributed by atoms with Crippen molar-refractivity contribution in [2.45, 2.75) is 32.2 Å². The molecule has 1 aromatic carbocycles. The number of carbonyl (C=O) groups is 1. The average molecular weight is 277 g/mol. The molecule has 1 aromatic rings. The summed E-state index contributed by atoms with van der Waals surface area (Å²) in [4.78, 5) is 13.2. The molecule has 2 rings (SSSR count). The minimum absolute atomic E-state index is 0.290. The lowest BCUT2D eigenvalue weighted by Gasteiger charge is -2.25. The van der Waals surface area contributed by atoms with Crippen LogP contribution in [0.3, 0.4) is 0 Å². The Hall–Kier alpha value is -1.55. The molecule has 4 heteroatoms. The van der Waals surface area contributed by atoms with Gasteiger partial charge in [-0.05, 0) is 43.9 Å². The number of benzene rings is 1. The van der Waals surface area contributed by atoms with Crippen molar-refractivity contribution >= 4 is 5.97 Å². The molecule has 2 atom stereocenters. The van der Waals surface area contributed by atoms with Crippen LogP contribution in [-0.2, 0) is 11.2 Å². The highest BCUT2D eigenvalue weighted by Gasteiger charge is 2.27. The fourth-order valence-electron chi connectivity index (χ4n) is 3.00. The summed E-state index contributed by atoms with van der Waals surface area (Å²) in [5.41, 5.74) is 1.21. The molecular formula is C16H23NO3. The Morgan fingerprint density at radius 2 is 2.25 bits per heavy atom. The number of aliphatic carboxylic acids is 1. The Morgan fingerprint density at radius 1 is 1.50 bits per heavy atom. The first-order valence-corrected chi connectivity index (χ1v) is 7.18. The summed E-state index contributed by atoms with van der Waals surface area (Å²) in [7, 11) is 1.70. The van der Waals surface area contributed by atoms with Crippen molar-refractivity contribution in [2.24, 2.45) is 5.92 Å². The zero-order valence-corrected chi connectivity index (χ0v) is 12.2. The van der Waals surface area contributed by atoms with Gasteiger partial charge in [-0.15, -0.1) is 0 Å². The topological polar surface area (TPSA) is 49.8 Å². The third-order valence-corrected chi connectivity index (χ3v) is 4.11. The quantitative estimate of drug-likeness (QED) is 0.867. The fourth-order valence-corrected chi connectivity index (χ4v) is 3.00. The van der Waals surface area contributed by atoms with E-state index in [2.05, 4.69) is 17.9 Å². The maximum Gasteiger partial charge on any atom is 0.303 e. The van der Waals surface area contributed by atoms with Gasteiger partial charge in [-0.25, -0.2) is 0 Å². The molecule has 1 saturated heterocycles. The predicted octanol–water partition coefficient (Wildman–Crippen LogP) is 2.42. The molecule has 2 unspecified atom stereocenters. The van der Waals surface area contributed by atoms with Gasteiger partial charge >= 0.3 is 5.97 Å². The van der Waals surface area contributed by atoms with Crippen LogP contribution in [0, 0.1) is 5.92 Å². The van der Waals surface area contributed by atoms with Gasteiger partial charge in [0.2, 0.25) is 0 Å². The third kappa shape index (κ3) is 3.73. The zero-order chi connectivity index (χ0) is 14.5. The van der Waals surface area contributed by atoms with E-state index in [1.807, 2.05) is 18.2 Å². The van der Waals surface area contributed by atoms with E-state index in [1.165, 1.54) is 5.56 Å². The number of hydrogen-bond donors (Lipinski definition) is 1. The van der Waals surface area contributed by atoms with E-state index in [9.17, 15) is 4.79 Å². The first-order valence-electron chi connectivity index (χ1n) is 7.18. The smallest absolute Gasteiger partial charge is 0.303 e. The van der Waals surface area contributed by atoms with Crippen molar-refractivity contribution in [2.75, 3.05) is 20.2 Å². The minimum Gasteiger partial charge on any atom is -0.496 e. The number of methoxy groups -OCH3 is 1. The Labute approximate surface area is 120 Å². The van der Waals surface area contributed by atoms with Crippen LogP contribution in [0.15, 0.2) is 24.3 Å². The second-order valence-corrected chi connectivity index (χ2v) is 5.61. The van der Waals surface area contributed by atoms with E-state index in [-0.39, 0.29) is 6.42 Å². The van der Waals surface area contributed by atoms with Crippen molar-refractivity contribution in [1.82, 2.24) is 4.90 Å². The number of ether oxygens (including phenoxy) is 1. The van der Waals surface area contributed by atoms with Gasteiger partial charge in [0.05, 0.1) is 7.11 Å². The number of likely N-dealkylation sites (tertiary alicyclic amines) is 1. The van der Waals surface area contributed by atoms with Crippen molar-refractivity contribution in [1.29, 1.82) is 0 Å². The third-order valence-electron chi connectivity index (χ3n) is 4.11. The van der Waals surface area contributed by atoms with Gasteiger partial charge in [-0.2, -0.15) is 0 Å². The van der Waals surface area contributed by atoms with E-state index in [0.717, 1.165) is 31.7 Å². The van der Waals surface area contributed by atoms with Crippen LogP contribution in [-0.4, -0.2) is 42.2 Å². The van der Waals surface area contributed by atoms with Crippen molar-refractivity contribution in [3.8, 4) is 5.75 Å². The van der Waals surface area contributed by atoms with Crippen molar-refractivity contribution in [3.63, 3.8) is 0 Å². The van der Waals surface area contributed by atoms with Crippen LogP contribution in [0.25, 0.3) is 0 Å². The van der Waals surface area contributed by atoms with E-state index in [4.69, 9.17) is 9.84 Å². The van der Waals surface area contributed by atoms with Crippen LogP contribution in [0.1, 0.15) is 25.3 Å². The lowest BCUT2D eigenvalue weighted by Crippen LogP contribution is -2.33. The van der Waals surface area contributed by atoms with Crippen molar-refractivity contribution < 1.29 is 14.6 Å². The summed E-state index contributed by atoms with van der Waals surface area (Å²) in [6.07, 6.45) is 2.21. The molecular weight excluding hydrogens is 254 g/mol. The number of para-hydroxylation sites is 1. The lowest BCUT2D eigenvalue weighted by molar-refractivity contribution is -0.138. The number of hydrogen-bond acceptors (Lipinski definition) is 3. The normalized spacial score (nSPS) is 20.8. The van der Waals surface area contributed by atoms with Crippen LogP contribution in [0.2, 0.25) is 0 Å². The molecule has 1 aliphatic rings. The van der Waals surface area contributed by atoms with E-state index >= 15 is 0 Å². The summed E-state index contributed by atoms with van der Waals surface area (Å²) in [6, 6.07) is 8.50. The molecule has 0 radical (unpaired) electrons. The van der Waals surface area contributed by atoms with Gasteiger partial charge < -0.3 is 14.7 Å². The van der Waals surface area contributed by atoms with Crippen molar-refractivity contribution in [3.05, 3.63) is 29.8 Å². The molecule has 1 fully saturated rings. The first-order chi connectivity index (χ1) is 9.60. The van der Waals surface area contributed by atoms with Crippen LogP contribution in [0.4, 0.5) is 0 Å². The highest BCUT2D eigenvalue weighted by Crippen LogP contribution is 2.25. The average Bonchev–Trinajstić information content (AvgIpc) is 2.87. The van der Waals surface area contributed by atoms with E-state index < -0.39 is 5.97 Å². The van der Waals surface area contributed by atoms with Gasteiger partial charge in [-0.3, -0.25) is 4.79 Å². The Balaban J connectivity index is 1.92. The lowest BCUT2D eigenvalue weighted by atomic mass is 10.0. The molecule has 110 valence electrons. The molecule has 0 aliphatic carbocycles.